The van der Waals surface area contributed by atoms with E-state index >= 15 is 0 Å². The van der Waals surface area contributed by atoms with E-state index in [9.17, 15) is 0 Å². The monoisotopic (exact) mass is 380 g/mol. The highest BCUT2D eigenvalue weighted by atomic mass is 32.1. The number of ether oxygens (including phenoxy) is 1. The second-order valence-corrected chi connectivity index (χ2v) is 7.90. The molecule has 1 aromatic rings. The summed E-state index contributed by atoms with van der Waals surface area (Å²) < 4.78 is 9.94. The van der Waals surface area contributed by atoms with Crippen LogP contribution in [0.1, 0.15) is 38.9 Å². The second-order valence-electron chi connectivity index (χ2n) is 7.17. The molecule has 1 N–H and O–H groups in total. The Kier molecular flexibility index (Phi) is 6.69. The highest BCUT2D eigenvalue weighted by Gasteiger charge is 2.42. The van der Waals surface area contributed by atoms with Crippen LogP contribution in [0.5, 0.6) is 0 Å². The quantitative estimate of drug-likeness (QED) is 0.423. The number of piperazine rings is 1. The molecule has 146 valence electrons. The van der Waals surface area contributed by atoms with E-state index in [1.165, 1.54) is 24.4 Å². The largest absolute Gasteiger partial charge is 0.382 e. The van der Waals surface area contributed by atoms with Crippen LogP contribution in [0.15, 0.2) is 4.99 Å². The minimum Gasteiger partial charge on any atom is -0.382 e. The van der Waals surface area contributed by atoms with Gasteiger partial charge in [-0.25, -0.2) is 4.98 Å². The van der Waals surface area contributed by atoms with Crippen molar-refractivity contribution < 1.29 is 4.74 Å². The van der Waals surface area contributed by atoms with Crippen molar-refractivity contribution in [3.05, 3.63) is 5.82 Å². The number of hydrogen-bond acceptors (Lipinski definition) is 6. The Balaban J connectivity index is 1.45. The van der Waals surface area contributed by atoms with Crippen molar-refractivity contribution in [3.8, 4) is 0 Å². The minimum atomic E-state index is 0.427. The first-order valence-corrected chi connectivity index (χ1v) is 10.6. The fraction of sp³-hybridized carbons (Fsp3) is 0.833. The van der Waals surface area contributed by atoms with E-state index in [4.69, 9.17) is 4.74 Å². The first-order valence-electron chi connectivity index (χ1n) is 9.80. The standard InChI is InChI=1S/C18H32N6OS/c1-4-15-21-17(26-22-15)24-11-9-23(10-12-24)16(19-3)20-14-18(6-7-18)8-13-25-5-2/h4-14H2,1-3H3,(H,19,20). The molecule has 2 fully saturated rings. The van der Waals surface area contributed by atoms with Gasteiger partial charge in [-0.3, -0.25) is 4.99 Å². The van der Waals surface area contributed by atoms with Crippen LogP contribution < -0.4 is 10.2 Å². The van der Waals surface area contributed by atoms with Gasteiger partial charge in [0.25, 0.3) is 0 Å². The Hall–Kier alpha value is -1.41. The van der Waals surface area contributed by atoms with Gasteiger partial charge in [0.1, 0.15) is 5.82 Å². The molecule has 3 rings (SSSR count). The molecule has 7 nitrogen and oxygen atoms in total. The molecule has 0 aromatic carbocycles. The molecular formula is C18H32N6OS. The molecule has 0 spiro atoms. The van der Waals surface area contributed by atoms with Crippen molar-refractivity contribution in [2.75, 3.05) is 57.9 Å². The highest BCUT2D eigenvalue weighted by molar-refractivity contribution is 7.09. The van der Waals surface area contributed by atoms with Crippen LogP contribution in [-0.2, 0) is 11.2 Å². The zero-order chi connectivity index (χ0) is 18.4. The zero-order valence-corrected chi connectivity index (χ0v) is 17.1. The molecule has 2 aliphatic rings. The van der Waals surface area contributed by atoms with Crippen LogP contribution in [0.3, 0.4) is 0 Å². The summed E-state index contributed by atoms with van der Waals surface area (Å²) in [4.78, 5) is 13.8. The van der Waals surface area contributed by atoms with Gasteiger partial charge >= 0.3 is 0 Å². The van der Waals surface area contributed by atoms with E-state index in [0.29, 0.717) is 5.41 Å². The Morgan fingerprint density at radius 1 is 1.27 bits per heavy atom. The van der Waals surface area contributed by atoms with Crippen LogP contribution in [-0.4, -0.2) is 73.2 Å². The summed E-state index contributed by atoms with van der Waals surface area (Å²) in [6.45, 7) is 10.7. The summed E-state index contributed by atoms with van der Waals surface area (Å²) >= 11 is 1.52. The molecule has 0 radical (unpaired) electrons. The molecule has 1 aliphatic carbocycles. The van der Waals surface area contributed by atoms with Gasteiger partial charge in [-0.05, 0) is 31.6 Å². The van der Waals surface area contributed by atoms with Crippen molar-refractivity contribution in [2.45, 2.75) is 39.5 Å². The molecule has 8 heteroatoms. The lowest BCUT2D eigenvalue weighted by Gasteiger charge is -2.36. The molecule has 0 atom stereocenters. The molecule has 0 bridgehead atoms. The van der Waals surface area contributed by atoms with Gasteiger partial charge in [-0.1, -0.05) is 6.92 Å². The molecule has 2 heterocycles. The summed E-state index contributed by atoms with van der Waals surface area (Å²) in [5.41, 5.74) is 0.427. The van der Waals surface area contributed by atoms with Crippen molar-refractivity contribution in [3.63, 3.8) is 0 Å². The second kappa shape index (κ2) is 8.99. The predicted molar refractivity (Wildman–Crippen MR) is 107 cm³/mol. The van der Waals surface area contributed by atoms with Crippen LogP contribution in [0.4, 0.5) is 5.13 Å². The number of guanidine groups is 1. The van der Waals surface area contributed by atoms with Gasteiger partial charge in [0.2, 0.25) is 5.13 Å². The lowest BCUT2D eigenvalue weighted by Crippen LogP contribution is -2.53. The third kappa shape index (κ3) is 4.85. The Bertz CT molecular complexity index is 592. The van der Waals surface area contributed by atoms with Crippen molar-refractivity contribution in [2.24, 2.45) is 10.4 Å². The van der Waals surface area contributed by atoms with Crippen LogP contribution in [0, 0.1) is 5.41 Å². The van der Waals surface area contributed by atoms with E-state index in [-0.39, 0.29) is 0 Å². The normalized spacial score (nSPS) is 19.7. The van der Waals surface area contributed by atoms with E-state index < -0.39 is 0 Å². The summed E-state index contributed by atoms with van der Waals surface area (Å²) in [6, 6.07) is 0. The van der Waals surface area contributed by atoms with Crippen molar-refractivity contribution in [1.29, 1.82) is 0 Å². The number of nitrogens with one attached hydrogen (secondary N) is 1. The number of hydrogen-bond donors (Lipinski definition) is 1. The molecule has 1 aliphatic heterocycles. The lowest BCUT2D eigenvalue weighted by molar-refractivity contribution is 0.128. The SMILES string of the molecule is CCOCCC1(CNC(=NC)N2CCN(c3nc(CC)ns3)CC2)CC1. The van der Waals surface area contributed by atoms with E-state index in [1.54, 1.807) is 0 Å². The van der Waals surface area contributed by atoms with Gasteiger partial charge in [0.05, 0.1) is 0 Å². The summed E-state index contributed by atoms with van der Waals surface area (Å²) in [5.74, 6) is 1.98. The summed E-state index contributed by atoms with van der Waals surface area (Å²) in [7, 11) is 1.88. The molecule has 0 unspecified atom stereocenters. The smallest absolute Gasteiger partial charge is 0.205 e. The average Bonchev–Trinajstić information content (AvgIpc) is 3.27. The van der Waals surface area contributed by atoms with Crippen LogP contribution in [0.25, 0.3) is 0 Å². The third-order valence-corrected chi connectivity index (χ3v) is 6.21. The van der Waals surface area contributed by atoms with Crippen molar-refractivity contribution in [1.82, 2.24) is 19.6 Å². The number of aryl methyl sites for hydroxylation is 1. The minimum absolute atomic E-state index is 0.427. The van der Waals surface area contributed by atoms with Gasteiger partial charge in [0.15, 0.2) is 5.96 Å². The molecular weight excluding hydrogens is 348 g/mol. The molecule has 26 heavy (non-hydrogen) atoms. The molecule has 1 saturated carbocycles. The molecule has 0 amide bonds. The summed E-state index contributed by atoms with van der Waals surface area (Å²) in [5, 5.41) is 4.67. The maximum atomic E-state index is 5.54. The molecule has 1 aromatic heterocycles. The third-order valence-electron chi connectivity index (χ3n) is 5.39. The maximum Gasteiger partial charge on any atom is 0.205 e. The number of anilines is 1. The predicted octanol–water partition coefficient (Wildman–Crippen LogP) is 2.00. The number of rotatable bonds is 8. The van der Waals surface area contributed by atoms with Gasteiger partial charge in [-0.2, -0.15) is 4.37 Å². The average molecular weight is 381 g/mol. The van der Waals surface area contributed by atoms with Crippen LogP contribution >= 0.6 is 11.5 Å². The first-order chi connectivity index (χ1) is 12.7. The fourth-order valence-electron chi connectivity index (χ4n) is 3.35. The van der Waals surface area contributed by atoms with Gasteiger partial charge in [-0.15, -0.1) is 0 Å². The fourth-order valence-corrected chi connectivity index (χ4v) is 4.15. The van der Waals surface area contributed by atoms with Gasteiger partial charge in [0, 0.05) is 70.9 Å². The molecule has 1 saturated heterocycles. The topological polar surface area (TPSA) is 65.9 Å². The number of nitrogens with zero attached hydrogens (tertiary/aromatic N) is 5. The van der Waals surface area contributed by atoms with E-state index in [0.717, 1.165) is 75.7 Å². The van der Waals surface area contributed by atoms with Gasteiger partial charge < -0.3 is 19.9 Å². The number of aliphatic imine (C=N–C) groups is 1. The zero-order valence-electron chi connectivity index (χ0n) is 16.3. The van der Waals surface area contributed by atoms with E-state index in [2.05, 4.69) is 43.3 Å². The Morgan fingerprint density at radius 3 is 2.62 bits per heavy atom. The Morgan fingerprint density at radius 2 is 2.04 bits per heavy atom. The highest BCUT2D eigenvalue weighted by Crippen LogP contribution is 2.48. The Labute approximate surface area is 161 Å². The van der Waals surface area contributed by atoms with Crippen LogP contribution in [0.2, 0.25) is 0 Å². The lowest BCUT2D eigenvalue weighted by atomic mass is 10.0. The first kappa shape index (κ1) is 19.4. The maximum absolute atomic E-state index is 5.54. The van der Waals surface area contributed by atoms with E-state index in [1.807, 2.05) is 7.05 Å². The summed E-state index contributed by atoms with van der Waals surface area (Å²) in [6.07, 6.45) is 4.65. The van der Waals surface area contributed by atoms with Crippen molar-refractivity contribution >= 4 is 22.6 Å². The number of aromatic nitrogens is 2.